The van der Waals surface area contributed by atoms with E-state index in [4.69, 9.17) is 4.74 Å². The third-order valence-corrected chi connectivity index (χ3v) is 8.48. The summed E-state index contributed by atoms with van der Waals surface area (Å²) >= 11 is 1.11. The molecule has 0 bridgehead atoms. The smallest absolute Gasteiger partial charge is 0.416 e. The van der Waals surface area contributed by atoms with E-state index in [-0.39, 0.29) is 28.8 Å². The molecule has 1 amide bonds. The number of hydrogen-bond donors (Lipinski definition) is 0. The molecule has 0 N–H and O–H groups in total. The van der Waals surface area contributed by atoms with Crippen LogP contribution in [-0.4, -0.2) is 49.4 Å². The number of alkyl halides is 3. The number of fused-ring (bicyclic) bond motifs is 1. The maximum Gasteiger partial charge on any atom is 0.416 e. The minimum absolute atomic E-state index is 0.0574. The van der Waals surface area contributed by atoms with Crippen LogP contribution in [-0.2, 0) is 27.2 Å². The van der Waals surface area contributed by atoms with Crippen LogP contribution in [0.15, 0.2) is 53.5 Å². The molecule has 2 fully saturated rings. The van der Waals surface area contributed by atoms with E-state index in [2.05, 4.69) is 4.99 Å². The maximum absolute atomic E-state index is 13.3. The quantitative estimate of drug-likeness (QED) is 0.661. The number of para-hydroxylation sites is 1. The van der Waals surface area contributed by atoms with E-state index in [1.54, 1.807) is 24.3 Å². The summed E-state index contributed by atoms with van der Waals surface area (Å²) < 4.78 is 69.3. The van der Waals surface area contributed by atoms with Crippen molar-refractivity contribution in [2.75, 3.05) is 23.5 Å². The fourth-order valence-electron chi connectivity index (χ4n) is 3.86. The highest BCUT2D eigenvalue weighted by Gasteiger charge is 2.49. The predicted octanol–water partition coefficient (Wildman–Crippen LogP) is 3.56. The largest absolute Gasteiger partial charge is 0.496 e. The van der Waals surface area contributed by atoms with Crippen LogP contribution in [0.3, 0.4) is 0 Å². The van der Waals surface area contributed by atoms with Gasteiger partial charge in [0.15, 0.2) is 15.0 Å². The lowest BCUT2D eigenvalue weighted by Crippen LogP contribution is -2.38. The molecule has 0 spiro atoms. The zero-order chi connectivity index (χ0) is 23.1. The Balaban J connectivity index is 1.68. The number of carbonyl (C=O) groups excluding carboxylic acids is 1. The van der Waals surface area contributed by atoms with Crippen molar-refractivity contribution in [3.8, 4) is 5.75 Å². The van der Waals surface area contributed by atoms with Crippen molar-refractivity contribution in [2.45, 2.75) is 23.9 Å². The summed E-state index contributed by atoms with van der Waals surface area (Å²) in [6.45, 7) is 0. The van der Waals surface area contributed by atoms with E-state index in [9.17, 15) is 26.4 Å². The van der Waals surface area contributed by atoms with Gasteiger partial charge in [-0.1, -0.05) is 36.0 Å². The maximum atomic E-state index is 13.3. The number of nitrogens with zero attached hydrogens (tertiary/aromatic N) is 2. The average Bonchev–Trinajstić information content (AvgIpc) is 3.18. The molecule has 2 aliphatic heterocycles. The Morgan fingerprint density at radius 2 is 1.94 bits per heavy atom. The Bertz CT molecular complexity index is 1180. The van der Waals surface area contributed by atoms with Crippen LogP contribution < -0.4 is 9.64 Å². The highest BCUT2D eigenvalue weighted by atomic mass is 32.2. The Labute approximate surface area is 187 Å². The molecule has 0 aliphatic carbocycles. The lowest BCUT2D eigenvalue weighted by molar-refractivity contribution is -0.137. The van der Waals surface area contributed by atoms with Crippen LogP contribution in [0.2, 0.25) is 0 Å². The van der Waals surface area contributed by atoms with E-state index in [1.165, 1.54) is 24.1 Å². The lowest BCUT2D eigenvalue weighted by atomic mass is 10.1. The molecule has 2 atom stereocenters. The normalized spacial score (nSPS) is 23.4. The number of amides is 1. The Morgan fingerprint density at radius 3 is 2.66 bits per heavy atom. The van der Waals surface area contributed by atoms with Gasteiger partial charge in [0, 0.05) is 16.5 Å². The van der Waals surface area contributed by atoms with Crippen molar-refractivity contribution < 1.29 is 31.1 Å². The van der Waals surface area contributed by atoms with E-state index >= 15 is 0 Å². The first-order valence-electron chi connectivity index (χ1n) is 9.64. The number of halogens is 3. The van der Waals surface area contributed by atoms with Gasteiger partial charge in [-0.05, 0) is 24.3 Å². The molecule has 170 valence electrons. The molecule has 0 radical (unpaired) electrons. The van der Waals surface area contributed by atoms with Crippen LogP contribution in [0, 0.1) is 0 Å². The van der Waals surface area contributed by atoms with Crippen LogP contribution in [0.5, 0.6) is 5.75 Å². The summed E-state index contributed by atoms with van der Waals surface area (Å²) in [7, 11) is -1.85. The number of hydrogen-bond acceptors (Lipinski definition) is 5. The van der Waals surface area contributed by atoms with Crippen LogP contribution in [0.4, 0.5) is 18.9 Å². The van der Waals surface area contributed by atoms with Crippen LogP contribution in [0.25, 0.3) is 0 Å². The third kappa shape index (κ3) is 4.63. The predicted molar refractivity (Wildman–Crippen MR) is 117 cm³/mol. The molecular weight excluding hydrogens is 465 g/mol. The Morgan fingerprint density at radius 1 is 1.19 bits per heavy atom. The molecule has 2 heterocycles. The number of aliphatic imine (C=N–C) groups is 1. The van der Waals surface area contributed by atoms with Gasteiger partial charge < -0.3 is 9.64 Å². The van der Waals surface area contributed by atoms with Gasteiger partial charge >= 0.3 is 6.18 Å². The first kappa shape index (κ1) is 22.7. The SMILES string of the molecule is COc1ccccc1CC(=O)N=C1S[C@H]2CS(=O)(=O)C[C@H]2N1c1cccc(C(F)(F)F)c1. The molecule has 2 aromatic carbocycles. The third-order valence-electron chi connectivity index (χ3n) is 5.27. The van der Waals surface area contributed by atoms with Crippen LogP contribution >= 0.6 is 11.8 Å². The number of ether oxygens (including phenoxy) is 1. The molecule has 32 heavy (non-hydrogen) atoms. The van der Waals surface area contributed by atoms with Gasteiger partial charge in [-0.2, -0.15) is 18.2 Å². The molecular formula is C21H19F3N2O4S2. The number of benzene rings is 2. The first-order chi connectivity index (χ1) is 15.1. The van der Waals surface area contributed by atoms with Crippen molar-refractivity contribution in [1.29, 1.82) is 0 Å². The highest BCUT2D eigenvalue weighted by Crippen LogP contribution is 2.42. The second-order valence-corrected chi connectivity index (χ2v) is 10.9. The zero-order valence-electron chi connectivity index (χ0n) is 16.9. The number of methoxy groups -OCH3 is 1. The number of rotatable bonds is 4. The summed E-state index contributed by atoms with van der Waals surface area (Å²) in [5, 5.41) is -0.207. The number of amidine groups is 1. The number of sulfone groups is 1. The van der Waals surface area contributed by atoms with Crippen molar-refractivity contribution in [3.63, 3.8) is 0 Å². The van der Waals surface area contributed by atoms with Crippen molar-refractivity contribution in [3.05, 3.63) is 59.7 Å². The highest BCUT2D eigenvalue weighted by molar-refractivity contribution is 8.16. The van der Waals surface area contributed by atoms with Crippen LogP contribution in [0.1, 0.15) is 11.1 Å². The molecule has 0 saturated carbocycles. The molecule has 2 aliphatic rings. The standard InChI is InChI=1S/C21H19F3N2O4S2/c1-30-17-8-3-2-5-13(17)9-19(27)25-20-26(16-11-32(28,29)12-18(16)31-20)15-7-4-6-14(10-15)21(22,23)24/h2-8,10,16,18H,9,11-12H2,1H3/t16-,18+/m1/s1. The topological polar surface area (TPSA) is 76.0 Å². The molecule has 0 aromatic heterocycles. The second-order valence-electron chi connectivity index (χ2n) is 7.50. The first-order valence-corrected chi connectivity index (χ1v) is 12.3. The number of anilines is 1. The number of carbonyl (C=O) groups is 1. The molecule has 2 saturated heterocycles. The summed E-state index contributed by atoms with van der Waals surface area (Å²) in [5.41, 5.74) is -0.0782. The lowest BCUT2D eigenvalue weighted by Gasteiger charge is -2.25. The van der Waals surface area contributed by atoms with Gasteiger partial charge in [-0.3, -0.25) is 4.79 Å². The number of thioether (sulfide) groups is 1. The Kier molecular flexibility index (Phi) is 5.97. The zero-order valence-corrected chi connectivity index (χ0v) is 18.5. The minimum Gasteiger partial charge on any atom is -0.496 e. The molecule has 2 aromatic rings. The van der Waals surface area contributed by atoms with Crippen molar-refractivity contribution >= 4 is 38.4 Å². The minimum atomic E-state index is -4.55. The van der Waals surface area contributed by atoms with Crippen molar-refractivity contribution in [2.24, 2.45) is 4.99 Å². The van der Waals surface area contributed by atoms with E-state index < -0.39 is 38.8 Å². The molecule has 0 unspecified atom stereocenters. The van der Waals surface area contributed by atoms with Gasteiger partial charge in [0.05, 0.1) is 36.6 Å². The van der Waals surface area contributed by atoms with E-state index in [0.29, 0.717) is 11.3 Å². The summed E-state index contributed by atoms with van der Waals surface area (Å²) in [4.78, 5) is 18.3. The summed E-state index contributed by atoms with van der Waals surface area (Å²) in [6.07, 6.45) is -4.61. The summed E-state index contributed by atoms with van der Waals surface area (Å²) in [5.74, 6) is -0.298. The van der Waals surface area contributed by atoms with Gasteiger partial charge in [0.25, 0.3) is 5.91 Å². The molecule has 4 rings (SSSR count). The average molecular weight is 485 g/mol. The van der Waals surface area contributed by atoms with Gasteiger partial charge in [0.2, 0.25) is 0 Å². The monoisotopic (exact) mass is 484 g/mol. The van der Waals surface area contributed by atoms with Gasteiger partial charge in [0.1, 0.15) is 5.75 Å². The van der Waals surface area contributed by atoms with Crippen molar-refractivity contribution in [1.82, 2.24) is 0 Å². The molecule has 6 nitrogen and oxygen atoms in total. The fourth-order valence-corrected chi connectivity index (χ4v) is 7.79. The Hall–Kier alpha value is -2.53. The van der Waals surface area contributed by atoms with Gasteiger partial charge in [-0.15, -0.1) is 0 Å². The molecule has 11 heteroatoms. The summed E-state index contributed by atoms with van der Waals surface area (Å²) in [6, 6.07) is 11.0. The van der Waals surface area contributed by atoms with Gasteiger partial charge in [-0.25, -0.2) is 8.42 Å². The fraction of sp³-hybridized carbons (Fsp3) is 0.333. The van der Waals surface area contributed by atoms with E-state index in [0.717, 1.165) is 23.9 Å². The second kappa shape index (κ2) is 8.43. The van der Waals surface area contributed by atoms with E-state index in [1.807, 2.05) is 0 Å².